The average Bonchev–Trinajstić information content (AvgIpc) is 2.59. The summed E-state index contributed by atoms with van der Waals surface area (Å²) in [6, 6.07) is 20.1. The lowest BCUT2D eigenvalue weighted by atomic mass is 10.1. The fraction of sp³-hybridized carbons (Fsp3) is 0.158. The lowest BCUT2D eigenvalue weighted by Crippen LogP contribution is -2.02. The van der Waals surface area contributed by atoms with E-state index in [1.165, 1.54) is 0 Å². The van der Waals surface area contributed by atoms with Gasteiger partial charge in [0.05, 0.1) is 17.1 Å². The Morgan fingerprint density at radius 2 is 1.86 bits per heavy atom. The zero-order valence-corrected chi connectivity index (χ0v) is 12.5. The van der Waals surface area contributed by atoms with Gasteiger partial charge in [0.2, 0.25) is 0 Å². The highest BCUT2D eigenvalue weighted by Gasteiger charge is 2.04. The highest BCUT2D eigenvalue weighted by atomic mass is 14.9. The summed E-state index contributed by atoms with van der Waals surface area (Å²) < 4.78 is 0. The van der Waals surface area contributed by atoms with E-state index in [1.807, 2.05) is 42.5 Å². The van der Waals surface area contributed by atoms with E-state index in [9.17, 15) is 0 Å². The quantitative estimate of drug-likeness (QED) is 0.779. The van der Waals surface area contributed by atoms with E-state index in [0.29, 0.717) is 5.56 Å². The van der Waals surface area contributed by atoms with E-state index < -0.39 is 0 Å². The van der Waals surface area contributed by atoms with Gasteiger partial charge in [-0.3, -0.25) is 4.98 Å². The highest BCUT2D eigenvalue weighted by molar-refractivity contribution is 5.91. The molecule has 3 aromatic rings. The maximum Gasteiger partial charge on any atom is 0.0991 e. The molecule has 1 aromatic heterocycles. The van der Waals surface area contributed by atoms with Gasteiger partial charge < -0.3 is 5.32 Å². The van der Waals surface area contributed by atoms with Crippen LogP contribution < -0.4 is 5.32 Å². The SMILES string of the molecule is CCc1cc(NCc2ccc(C#N)cc2)c2ccccc2n1. The van der Waals surface area contributed by atoms with Crippen molar-refractivity contribution in [1.82, 2.24) is 4.98 Å². The molecule has 0 unspecified atom stereocenters. The minimum Gasteiger partial charge on any atom is -0.380 e. The van der Waals surface area contributed by atoms with E-state index in [4.69, 9.17) is 5.26 Å². The molecule has 3 rings (SSSR count). The van der Waals surface area contributed by atoms with Crippen molar-refractivity contribution in [2.24, 2.45) is 0 Å². The van der Waals surface area contributed by atoms with Gasteiger partial charge in [-0.05, 0) is 36.2 Å². The van der Waals surface area contributed by atoms with E-state index in [1.54, 1.807) is 0 Å². The number of aromatic nitrogens is 1. The number of para-hydroxylation sites is 1. The maximum absolute atomic E-state index is 8.84. The Balaban J connectivity index is 1.87. The molecule has 1 heterocycles. The zero-order valence-electron chi connectivity index (χ0n) is 12.5. The minimum absolute atomic E-state index is 0.686. The summed E-state index contributed by atoms with van der Waals surface area (Å²) in [5, 5.41) is 13.5. The second kappa shape index (κ2) is 6.28. The first-order valence-corrected chi connectivity index (χ1v) is 7.41. The number of nitrogens with zero attached hydrogens (tertiary/aromatic N) is 2. The topological polar surface area (TPSA) is 48.7 Å². The second-order valence-electron chi connectivity index (χ2n) is 5.19. The first kappa shape index (κ1) is 14.1. The molecule has 1 N–H and O–H groups in total. The molecule has 2 aromatic carbocycles. The molecule has 0 atom stereocenters. The number of aryl methyl sites for hydroxylation is 1. The van der Waals surface area contributed by atoms with Crippen LogP contribution in [0.1, 0.15) is 23.7 Å². The van der Waals surface area contributed by atoms with Crippen molar-refractivity contribution in [3.63, 3.8) is 0 Å². The van der Waals surface area contributed by atoms with Crippen molar-refractivity contribution in [1.29, 1.82) is 5.26 Å². The number of pyridine rings is 1. The standard InChI is InChI=1S/C19H17N3/c1-2-16-11-19(17-5-3-4-6-18(17)22-16)21-13-15-9-7-14(12-20)8-10-15/h3-11H,2,13H2,1H3,(H,21,22). The van der Waals surface area contributed by atoms with Crippen LogP contribution in [0.3, 0.4) is 0 Å². The summed E-state index contributed by atoms with van der Waals surface area (Å²) in [4.78, 5) is 4.66. The lowest BCUT2D eigenvalue weighted by molar-refractivity contribution is 1.05. The molecule has 0 radical (unpaired) electrons. The number of rotatable bonds is 4. The van der Waals surface area contributed by atoms with E-state index in [-0.39, 0.29) is 0 Å². The van der Waals surface area contributed by atoms with E-state index in [0.717, 1.165) is 40.8 Å². The Labute approximate surface area is 130 Å². The minimum atomic E-state index is 0.686. The summed E-state index contributed by atoms with van der Waals surface area (Å²) >= 11 is 0. The zero-order chi connectivity index (χ0) is 15.4. The number of benzene rings is 2. The molecule has 108 valence electrons. The molecular formula is C19H17N3. The van der Waals surface area contributed by atoms with Crippen molar-refractivity contribution in [2.45, 2.75) is 19.9 Å². The van der Waals surface area contributed by atoms with Gasteiger partial charge in [0.1, 0.15) is 0 Å². The van der Waals surface area contributed by atoms with E-state index >= 15 is 0 Å². The Morgan fingerprint density at radius 1 is 1.09 bits per heavy atom. The fourth-order valence-electron chi connectivity index (χ4n) is 2.45. The van der Waals surface area contributed by atoms with Crippen LogP contribution in [-0.4, -0.2) is 4.98 Å². The molecule has 22 heavy (non-hydrogen) atoms. The molecule has 0 spiro atoms. The third-order valence-corrected chi connectivity index (χ3v) is 3.70. The summed E-state index contributed by atoms with van der Waals surface area (Å²) in [7, 11) is 0. The van der Waals surface area contributed by atoms with Crippen LogP contribution in [0.4, 0.5) is 5.69 Å². The molecule has 0 amide bonds. The summed E-state index contributed by atoms with van der Waals surface area (Å²) in [5.41, 5.74) is 5.04. The molecule has 0 fully saturated rings. The lowest BCUT2D eigenvalue weighted by Gasteiger charge is -2.11. The Hall–Kier alpha value is -2.86. The predicted molar refractivity (Wildman–Crippen MR) is 89.6 cm³/mol. The fourth-order valence-corrected chi connectivity index (χ4v) is 2.45. The maximum atomic E-state index is 8.84. The number of fused-ring (bicyclic) bond motifs is 1. The number of hydrogen-bond acceptors (Lipinski definition) is 3. The van der Waals surface area contributed by atoms with Crippen molar-refractivity contribution >= 4 is 16.6 Å². The van der Waals surface area contributed by atoms with Crippen LogP contribution in [0, 0.1) is 11.3 Å². The monoisotopic (exact) mass is 287 g/mol. The van der Waals surface area contributed by atoms with Gasteiger partial charge in [0, 0.05) is 23.3 Å². The third-order valence-electron chi connectivity index (χ3n) is 3.70. The van der Waals surface area contributed by atoms with Gasteiger partial charge >= 0.3 is 0 Å². The Bertz CT molecular complexity index is 829. The molecule has 0 bridgehead atoms. The smallest absolute Gasteiger partial charge is 0.0991 e. The van der Waals surface area contributed by atoms with Crippen LogP contribution in [0.15, 0.2) is 54.6 Å². The van der Waals surface area contributed by atoms with Crippen LogP contribution in [0.2, 0.25) is 0 Å². The normalized spacial score (nSPS) is 10.4. The molecule has 0 saturated carbocycles. The highest BCUT2D eigenvalue weighted by Crippen LogP contribution is 2.24. The predicted octanol–water partition coefficient (Wildman–Crippen LogP) is 4.28. The molecule has 3 heteroatoms. The van der Waals surface area contributed by atoms with Crippen LogP contribution in [0.5, 0.6) is 0 Å². The summed E-state index contributed by atoms with van der Waals surface area (Å²) in [5.74, 6) is 0. The van der Waals surface area contributed by atoms with E-state index in [2.05, 4.69) is 35.4 Å². The van der Waals surface area contributed by atoms with Gasteiger partial charge in [-0.25, -0.2) is 0 Å². The summed E-state index contributed by atoms with van der Waals surface area (Å²) in [6.45, 7) is 2.84. The average molecular weight is 287 g/mol. The number of nitrogens with one attached hydrogen (secondary N) is 1. The molecule has 0 saturated heterocycles. The number of nitriles is 1. The first-order valence-electron chi connectivity index (χ1n) is 7.41. The van der Waals surface area contributed by atoms with Crippen LogP contribution in [-0.2, 0) is 13.0 Å². The van der Waals surface area contributed by atoms with Gasteiger partial charge in [-0.2, -0.15) is 5.26 Å². The van der Waals surface area contributed by atoms with Crippen LogP contribution >= 0.6 is 0 Å². The van der Waals surface area contributed by atoms with Crippen molar-refractivity contribution in [2.75, 3.05) is 5.32 Å². The van der Waals surface area contributed by atoms with Crippen LogP contribution in [0.25, 0.3) is 10.9 Å². The third kappa shape index (κ3) is 2.91. The number of anilines is 1. The number of hydrogen-bond donors (Lipinski definition) is 1. The van der Waals surface area contributed by atoms with Gasteiger partial charge in [0.25, 0.3) is 0 Å². The van der Waals surface area contributed by atoms with Crippen molar-refractivity contribution in [3.05, 3.63) is 71.4 Å². The van der Waals surface area contributed by atoms with Gasteiger partial charge in [-0.1, -0.05) is 37.3 Å². The molecule has 0 aliphatic heterocycles. The molecule has 0 aliphatic rings. The largest absolute Gasteiger partial charge is 0.380 e. The Morgan fingerprint density at radius 3 is 2.59 bits per heavy atom. The summed E-state index contributed by atoms with van der Waals surface area (Å²) in [6.07, 6.45) is 0.913. The van der Waals surface area contributed by atoms with Gasteiger partial charge in [-0.15, -0.1) is 0 Å². The van der Waals surface area contributed by atoms with Crippen molar-refractivity contribution < 1.29 is 0 Å². The van der Waals surface area contributed by atoms with Crippen molar-refractivity contribution in [3.8, 4) is 6.07 Å². The Kier molecular flexibility index (Phi) is 4.02. The first-order chi connectivity index (χ1) is 10.8. The molecular weight excluding hydrogens is 270 g/mol. The van der Waals surface area contributed by atoms with Gasteiger partial charge in [0.15, 0.2) is 0 Å². The second-order valence-corrected chi connectivity index (χ2v) is 5.19. The molecule has 3 nitrogen and oxygen atoms in total. The molecule has 0 aliphatic carbocycles.